The van der Waals surface area contributed by atoms with Crippen LogP contribution in [0.25, 0.3) is 0 Å². The molecule has 96 valence electrons. The van der Waals surface area contributed by atoms with E-state index in [2.05, 4.69) is 16.3 Å². The van der Waals surface area contributed by atoms with Crippen LogP contribution in [0.1, 0.15) is 38.5 Å². The van der Waals surface area contributed by atoms with Crippen LogP contribution in [0.4, 0.5) is 0 Å². The smallest absolute Gasteiger partial charge is 0.0338 e. The molecule has 1 heterocycles. The number of hydrogen-bond acceptors (Lipinski definition) is 2. The maximum absolute atomic E-state index is 5.70. The lowest BCUT2D eigenvalue weighted by molar-refractivity contribution is 0.0493. The fourth-order valence-corrected chi connectivity index (χ4v) is 3.78. The first kappa shape index (κ1) is 12.0. The van der Waals surface area contributed by atoms with Crippen LogP contribution >= 0.6 is 11.6 Å². The van der Waals surface area contributed by atoms with Gasteiger partial charge in [-0.3, -0.25) is 4.90 Å². The highest BCUT2D eigenvalue weighted by Crippen LogP contribution is 2.40. The molecule has 2 nitrogen and oxygen atoms in total. The van der Waals surface area contributed by atoms with Crippen molar-refractivity contribution < 1.29 is 0 Å². The molecule has 0 aromatic heterocycles. The molecule has 2 saturated carbocycles. The first-order valence-corrected chi connectivity index (χ1v) is 7.51. The molecule has 3 aliphatic rings. The van der Waals surface area contributed by atoms with Crippen molar-refractivity contribution in [1.29, 1.82) is 0 Å². The molecule has 0 amide bonds. The van der Waals surface area contributed by atoms with E-state index in [1.165, 1.54) is 51.6 Å². The van der Waals surface area contributed by atoms with Gasteiger partial charge in [0.15, 0.2) is 0 Å². The standard InChI is InChI=1S/C14H23ClN2/c15-8-3-9-17-10-13(12-4-5-12)16-11-14(17)6-1-2-7-14/h3,8,12-13,16H,1-2,4-7,9-11H2/b8-3+. The molecule has 1 N–H and O–H groups in total. The van der Waals surface area contributed by atoms with Crippen LogP contribution in [0.2, 0.25) is 0 Å². The predicted octanol–water partition coefficient (Wildman–Crippen LogP) is 2.74. The highest BCUT2D eigenvalue weighted by atomic mass is 35.5. The lowest BCUT2D eigenvalue weighted by Gasteiger charge is -2.48. The Kier molecular flexibility index (Phi) is 3.47. The number of piperazine rings is 1. The highest BCUT2D eigenvalue weighted by Gasteiger charge is 2.45. The maximum atomic E-state index is 5.70. The Balaban J connectivity index is 1.70. The third-order valence-electron chi connectivity index (χ3n) is 4.92. The van der Waals surface area contributed by atoms with Gasteiger partial charge in [0.05, 0.1) is 0 Å². The fourth-order valence-electron chi connectivity index (χ4n) is 3.70. The molecule has 1 spiro atoms. The Bertz CT molecular complexity index is 293. The van der Waals surface area contributed by atoms with Crippen molar-refractivity contribution in [2.45, 2.75) is 50.1 Å². The molecule has 1 unspecified atom stereocenters. The van der Waals surface area contributed by atoms with E-state index >= 15 is 0 Å². The van der Waals surface area contributed by atoms with Crippen LogP contribution in [0.5, 0.6) is 0 Å². The van der Waals surface area contributed by atoms with Crippen molar-refractivity contribution >= 4 is 11.6 Å². The monoisotopic (exact) mass is 254 g/mol. The van der Waals surface area contributed by atoms with Crippen molar-refractivity contribution in [3.05, 3.63) is 11.6 Å². The Morgan fingerprint density at radius 3 is 2.71 bits per heavy atom. The zero-order valence-electron chi connectivity index (χ0n) is 10.5. The molecule has 2 aliphatic carbocycles. The SMILES string of the molecule is Cl/C=C/CN1CC(C2CC2)NCC12CCCC2. The minimum atomic E-state index is 0.446. The second kappa shape index (κ2) is 4.91. The Morgan fingerprint density at radius 2 is 2.06 bits per heavy atom. The maximum Gasteiger partial charge on any atom is 0.0338 e. The van der Waals surface area contributed by atoms with E-state index in [9.17, 15) is 0 Å². The molecule has 1 atom stereocenters. The minimum absolute atomic E-state index is 0.446. The van der Waals surface area contributed by atoms with Gasteiger partial charge in [-0.25, -0.2) is 0 Å². The number of halogens is 1. The van der Waals surface area contributed by atoms with Crippen LogP contribution in [-0.2, 0) is 0 Å². The van der Waals surface area contributed by atoms with Gasteiger partial charge >= 0.3 is 0 Å². The summed E-state index contributed by atoms with van der Waals surface area (Å²) in [6, 6.07) is 0.741. The summed E-state index contributed by atoms with van der Waals surface area (Å²) in [4.78, 5) is 2.71. The summed E-state index contributed by atoms with van der Waals surface area (Å²) in [6.07, 6.45) is 10.5. The van der Waals surface area contributed by atoms with Gasteiger partial charge in [-0.05, 0) is 31.6 Å². The second-order valence-electron chi connectivity index (χ2n) is 6.02. The summed E-state index contributed by atoms with van der Waals surface area (Å²) in [5.74, 6) is 0.955. The van der Waals surface area contributed by atoms with Crippen molar-refractivity contribution in [3.8, 4) is 0 Å². The zero-order valence-corrected chi connectivity index (χ0v) is 11.3. The molecule has 1 saturated heterocycles. The first-order chi connectivity index (χ1) is 8.34. The number of nitrogens with zero attached hydrogens (tertiary/aromatic N) is 1. The molecule has 17 heavy (non-hydrogen) atoms. The molecule has 0 aromatic rings. The largest absolute Gasteiger partial charge is 0.311 e. The zero-order chi connectivity index (χ0) is 11.7. The number of nitrogens with one attached hydrogen (secondary N) is 1. The fraction of sp³-hybridized carbons (Fsp3) is 0.857. The quantitative estimate of drug-likeness (QED) is 0.833. The molecular weight excluding hydrogens is 232 g/mol. The average Bonchev–Trinajstić information content (AvgIpc) is 3.10. The summed E-state index contributed by atoms with van der Waals surface area (Å²) in [5, 5.41) is 3.82. The van der Waals surface area contributed by atoms with Gasteiger partial charge in [0, 0.05) is 36.8 Å². The highest BCUT2D eigenvalue weighted by molar-refractivity contribution is 6.25. The van der Waals surface area contributed by atoms with Crippen molar-refractivity contribution in [3.63, 3.8) is 0 Å². The van der Waals surface area contributed by atoms with E-state index in [0.717, 1.165) is 18.5 Å². The van der Waals surface area contributed by atoms with Gasteiger partial charge in [-0.2, -0.15) is 0 Å². The summed E-state index contributed by atoms with van der Waals surface area (Å²) < 4.78 is 0. The van der Waals surface area contributed by atoms with Crippen LogP contribution in [0.3, 0.4) is 0 Å². The van der Waals surface area contributed by atoms with Crippen LogP contribution < -0.4 is 5.32 Å². The molecule has 3 rings (SSSR count). The summed E-state index contributed by atoms with van der Waals surface area (Å²) in [5.41, 5.74) is 2.12. The van der Waals surface area contributed by atoms with Gasteiger partial charge < -0.3 is 5.32 Å². The van der Waals surface area contributed by atoms with E-state index in [1.807, 2.05) is 0 Å². The van der Waals surface area contributed by atoms with E-state index in [0.29, 0.717) is 5.54 Å². The van der Waals surface area contributed by atoms with Gasteiger partial charge in [0.2, 0.25) is 0 Å². The number of hydrogen-bond donors (Lipinski definition) is 1. The molecule has 0 radical (unpaired) electrons. The summed E-state index contributed by atoms with van der Waals surface area (Å²) >= 11 is 5.70. The van der Waals surface area contributed by atoms with Gasteiger partial charge in [-0.15, -0.1) is 0 Å². The first-order valence-electron chi connectivity index (χ1n) is 7.08. The molecule has 3 heteroatoms. The third kappa shape index (κ3) is 2.40. The lowest BCUT2D eigenvalue weighted by atomic mass is 9.90. The molecule has 3 fully saturated rings. The van der Waals surface area contributed by atoms with E-state index in [-0.39, 0.29) is 0 Å². The van der Waals surface area contributed by atoms with E-state index in [1.54, 1.807) is 5.54 Å². The van der Waals surface area contributed by atoms with Gasteiger partial charge in [0.25, 0.3) is 0 Å². The average molecular weight is 255 g/mol. The molecule has 1 aliphatic heterocycles. The van der Waals surface area contributed by atoms with Crippen molar-refractivity contribution in [2.75, 3.05) is 19.6 Å². The molecule has 0 aromatic carbocycles. The van der Waals surface area contributed by atoms with Gasteiger partial charge in [0.1, 0.15) is 0 Å². The molecular formula is C14H23ClN2. The van der Waals surface area contributed by atoms with E-state index < -0.39 is 0 Å². The Hall–Kier alpha value is -0.0500. The Morgan fingerprint density at radius 1 is 1.29 bits per heavy atom. The van der Waals surface area contributed by atoms with Gasteiger partial charge in [-0.1, -0.05) is 30.5 Å². The topological polar surface area (TPSA) is 15.3 Å². The normalized spacial score (nSPS) is 33.8. The summed E-state index contributed by atoms with van der Waals surface area (Å²) in [6.45, 7) is 3.46. The predicted molar refractivity (Wildman–Crippen MR) is 72.3 cm³/mol. The summed E-state index contributed by atoms with van der Waals surface area (Å²) in [7, 11) is 0. The minimum Gasteiger partial charge on any atom is -0.311 e. The van der Waals surface area contributed by atoms with E-state index in [4.69, 9.17) is 11.6 Å². The second-order valence-corrected chi connectivity index (χ2v) is 6.27. The number of rotatable bonds is 3. The lowest BCUT2D eigenvalue weighted by Crippen LogP contribution is -2.64. The van der Waals surface area contributed by atoms with Crippen molar-refractivity contribution in [1.82, 2.24) is 10.2 Å². The van der Waals surface area contributed by atoms with Crippen LogP contribution in [0.15, 0.2) is 11.6 Å². The van der Waals surface area contributed by atoms with Crippen LogP contribution in [0, 0.1) is 5.92 Å². The van der Waals surface area contributed by atoms with Crippen LogP contribution in [-0.4, -0.2) is 36.1 Å². The van der Waals surface area contributed by atoms with Crippen molar-refractivity contribution in [2.24, 2.45) is 5.92 Å². The molecule has 0 bridgehead atoms. The third-order valence-corrected chi connectivity index (χ3v) is 5.10. The Labute approximate surface area is 109 Å².